The lowest BCUT2D eigenvalue weighted by molar-refractivity contribution is 0.0695. The number of carbonyl (C=O) groups is 1. The van der Waals surface area contributed by atoms with E-state index in [2.05, 4.69) is 0 Å². The second-order valence-electron chi connectivity index (χ2n) is 2.76. The molecule has 1 aromatic rings. The molecule has 0 bridgehead atoms. The minimum absolute atomic E-state index is 0.174. The van der Waals surface area contributed by atoms with E-state index in [4.69, 9.17) is 22.0 Å². The standard InChI is InChI=1S/C10H8ClNO2/c11-8-4-3-7(2-1-5-12)9(6-8)10(13)14/h3-4,6H,1-2H2,(H,13,14). The Balaban J connectivity index is 3.03. The van der Waals surface area contributed by atoms with Crippen molar-refractivity contribution in [1.29, 1.82) is 5.26 Å². The normalized spacial score (nSPS) is 9.43. The van der Waals surface area contributed by atoms with Crippen molar-refractivity contribution in [3.63, 3.8) is 0 Å². The summed E-state index contributed by atoms with van der Waals surface area (Å²) < 4.78 is 0. The smallest absolute Gasteiger partial charge is 0.336 e. The van der Waals surface area contributed by atoms with E-state index in [9.17, 15) is 4.79 Å². The first-order valence-corrected chi connectivity index (χ1v) is 4.41. The van der Waals surface area contributed by atoms with Gasteiger partial charge >= 0.3 is 5.97 Å². The van der Waals surface area contributed by atoms with Gasteiger partial charge in [-0.15, -0.1) is 0 Å². The van der Waals surface area contributed by atoms with Crippen molar-refractivity contribution >= 4 is 17.6 Å². The zero-order valence-electron chi connectivity index (χ0n) is 7.33. The van der Waals surface area contributed by atoms with E-state index >= 15 is 0 Å². The first-order chi connectivity index (χ1) is 6.65. The lowest BCUT2D eigenvalue weighted by atomic mass is 10.0. The summed E-state index contributed by atoms with van der Waals surface area (Å²) in [4.78, 5) is 10.8. The Kier molecular flexibility index (Phi) is 3.49. The zero-order chi connectivity index (χ0) is 10.6. The van der Waals surface area contributed by atoms with Crippen LogP contribution in [0.5, 0.6) is 0 Å². The molecular formula is C10H8ClNO2. The van der Waals surface area contributed by atoms with Gasteiger partial charge in [0.15, 0.2) is 0 Å². The topological polar surface area (TPSA) is 61.1 Å². The van der Waals surface area contributed by atoms with Crippen LogP contribution in [0.1, 0.15) is 22.3 Å². The Bertz CT molecular complexity index is 396. The molecule has 3 nitrogen and oxygen atoms in total. The maximum absolute atomic E-state index is 10.8. The molecular weight excluding hydrogens is 202 g/mol. The highest BCUT2D eigenvalue weighted by Crippen LogP contribution is 2.17. The lowest BCUT2D eigenvalue weighted by Crippen LogP contribution is -2.02. The van der Waals surface area contributed by atoms with Crippen molar-refractivity contribution in [2.75, 3.05) is 0 Å². The Morgan fingerprint density at radius 3 is 2.86 bits per heavy atom. The fourth-order valence-electron chi connectivity index (χ4n) is 1.16. The van der Waals surface area contributed by atoms with Crippen LogP contribution in [0, 0.1) is 11.3 Å². The molecule has 0 amide bonds. The van der Waals surface area contributed by atoms with Gasteiger partial charge in [0.05, 0.1) is 11.6 Å². The highest BCUT2D eigenvalue weighted by Gasteiger charge is 2.09. The minimum Gasteiger partial charge on any atom is -0.478 e. The fraction of sp³-hybridized carbons (Fsp3) is 0.200. The average Bonchev–Trinajstić information content (AvgIpc) is 2.15. The van der Waals surface area contributed by atoms with E-state index in [1.165, 1.54) is 6.07 Å². The predicted octanol–water partition coefficient (Wildman–Crippen LogP) is 2.49. The molecule has 0 radical (unpaired) electrons. The number of carboxylic acids is 1. The molecule has 0 aliphatic heterocycles. The number of hydrogen-bond acceptors (Lipinski definition) is 2. The van der Waals surface area contributed by atoms with E-state index in [1.54, 1.807) is 12.1 Å². The molecule has 0 aliphatic rings. The van der Waals surface area contributed by atoms with Gasteiger partial charge in [-0.25, -0.2) is 4.79 Å². The van der Waals surface area contributed by atoms with Crippen molar-refractivity contribution in [2.45, 2.75) is 12.8 Å². The summed E-state index contributed by atoms with van der Waals surface area (Å²) in [7, 11) is 0. The maximum Gasteiger partial charge on any atom is 0.336 e. The summed E-state index contributed by atoms with van der Waals surface area (Å²) >= 11 is 5.67. The van der Waals surface area contributed by atoms with Gasteiger partial charge in [0.25, 0.3) is 0 Å². The van der Waals surface area contributed by atoms with Crippen LogP contribution in [0.15, 0.2) is 18.2 Å². The molecule has 0 heterocycles. The van der Waals surface area contributed by atoms with E-state index in [-0.39, 0.29) is 5.56 Å². The first kappa shape index (κ1) is 10.6. The molecule has 0 saturated carbocycles. The molecule has 0 spiro atoms. The number of aryl methyl sites for hydroxylation is 1. The van der Waals surface area contributed by atoms with E-state index in [0.29, 0.717) is 23.4 Å². The van der Waals surface area contributed by atoms with Crippen molar-refractivity contribution in [3.8, 4) is 6.07 Å². The maximum atomic E-state index is 10.8. The predicted molar refractivity (Wildman–Crippen MR) is 52.3 cm³/mol. The highest BCUT2D eigenvalue weighted by atomic mass is 35.5. The molecule has 0 aliphatic carbocycles. The largest absolute Gasteiger partial charge is 0.478 e. The van der Waals surface area contributed by atoms with E-state index < -0.39 is 5.97 Å². The molecule has 0 fully saturated rings. The second-order valence-corrected chi connectivity index (χ2v) is 3.20. The van der Waals surface area contributed by atoms with Crippen LogP contribution < -0.4 is 0 Å². The van der Waals surface area contributed by atoms with Crippen LogP contribution in [0.4, 0.5) is 0 Å². The van der Waals surface area contributed by atoms with Crippen LogP contribution in [0.25, 0.3) is 0 Å². The fourth-order valence-corrected chi connectivity index (χ4v) is 1.33. The summed E-state index contributed by atoms with van der Waals surface area (Å²) in [5, 5.41) is 17.6. The highest BCUT2D eigenvalue weighted by molar-refractivity contribution is 6.30. The summed E-state index contributed by atoms with van der Waals surface area (Å²) in [6, 6.07) is 6.64. The number of rotatable bonds is 3. The van der Waals surface area contributed by atoms with Crippen LogP contribution in [0.2, 0.25) is 5.02 Å². The number of carboxylic acid groups (broad SMARTS) is 1. The average molecular weight is 210 g/mol. The quantitative estimate of drug-likeness (QED) is 0.832. The molecule has 72 valence electrons. The Labute approximate surface area is 86.5 Å². The van der Waals surface area contributed by atoms with Crippen molar-refractivity contribution in [1.82, 2.24) is 0 Å². The van der Waals surface area contributed by atoms with E-state index in [0.717, 1.165) is 0 Å². The van der Waals surface area contributed by atoms with Gasteiger partial charge in [0, 0.05) is 11.4 Å². The molecule has 1 rings (SSSR count). The van der Waals surface area contributed by atoms with Crippen LogP contribution >= 0.6 is 11.6 Å². The Morgan fingerprint density at radius 1 is 1.57 bits per heavy atom. The van der Waals surface area contributed by atoms with Gasteiger partial charge in [0.1, 0.15) is 0 Å². The van der Waals surface area contributed by atoms with Crippen molar-refractivity contribution in [2.24, 2.45) is 0 Å². The van der Waals surface area contributed by atoms with Gasteiger partial charge in [-0.2, -0.15) is 5.26 Å². The van der Waals surface area contributed by atoms with Gasteiger partial charge in [0.2, 0.25) is 0 Å². The molecule has 0 atom stereocenters. The third-order valence-electron chi connectivity index (χ3n) is 1.81. The van der Waals surface area contributed by atoms with Crippen LogP contribution in [-0.2, 0) is 6.42 Å². The Hall–Kier alpha value is -1.53. The first-order valence-electron chi connectivity index (χ1n) is 4.04. The molecule has 1 N–H and O–H groups in total. The minimum atomic E-state index is -1.01. The van der Waals surface area contributed by atoms with Gasteiger partial charge in [-0.1, -0.05) is 17.7 Å². The number of nitrogens with zero attached hydrogens (tertiary/aromatic N) is 1. The number of aromatic carboxylic acids is 1. The molecule has 0 aromatic heterocycles. The molecule has 1 aromatic carbocycles. The summed E-state index contributed by atoms with van der Waals surface area (Å²) in [5.41, 5.74) is 0.816. The number of halogens is 1. The van der Waals surface area contributed by atoms with Crippen LogP contribution in [-0.4, -0.2) is 11.1 Å². The summed E-state index contributed by atoms with van der Waals surface area (Å²) in [6.07, 6.45) is 0.747. The molecule has 0 unspecified atom stereocenters. The Morgan fingerprint density at radius 2 is 2.29 bits per heavy atom. The third-order valence-corrected chi connectivity index (χ3v) is 2.04. The van der Waals surface area contributed by atoms with Gasteiger partial charge in [-0.05, 0) is 24.1 Å². The summed E-state index contributed by atoms with van der Waals surface area (Å²) in [5.74, 6) is -1.01. The van der Waals surface area contributed by atoms with Gasteiger partial charge < -0.3 is 5.11 Å². The SMILES string of the molecule is N#CCCc1ccc(Cl)cc1C(=O)O. The van der Waals surface area contributed by atoms with Crippen molar-refractivity contribution in [3.05, 3.63) is 34.3 Å². The van der Waals surface area contributed by atoms with Crippen molar-refractivity contribution < 1.29 is 9.90 Å². The zero-order valence-corrected chi connectivity index (χ0v) is 8.08. The molecule has 4 heteroatoms. The molecule has 0 saturated heterocycles. The second kappa shape index (κ2) is 4.64. The molecule has 14 heavy (non-hydrogen) atoms. The van der Waals surface area contributed by atoms with Gasteiger partial charge in [-0.3, -0.25) is 0 Å². The third kappa shape index (κ3) is 2.48. The number of benzene rings is 1. The summed E-state index contributed by atoms with van der Waals surface area (Å²) in [6.45, 7) is 0. The number of hydrogen-bond donors (Lipinski definition) is 1. The monoisotopic (exact) mass is 209 g/mol. The van der Waals surface area contributed by atoms with Crippen LogP contribution in [0.3, 0.4) is 0 Å². The van der Waals surface area contributed by atoms with E-state index in [1.807, 2.05) is 6.07 Å². The lowest BCUT2D eigenvalue weighted by Gasteiger charge is -2.03. The number of nitriles is 1.